The molecule has 0 bridgehead atoms. The Labute approximate surface area is 105 Å². The summed E-state index contributed by atoms with van der Waals surface area (Å²) in [5.74, 6) is 0. The van der Waals surface area contributed by atoms with Gasteiger partial charge in [-0.1, -0.05) is 41.7 Å². The van der Waals surface area contributed by atoms with E-state index in [0.29, 0.717) is 15.1 Å². The second kappa shape index (κ2) is 6.04. The molecular weight excluding hydrogens is 264 g/mol. The van der Waals surface area contributed by atoms with E-state index in [1.165, 1.54) is 0 Å². The highest BCUT2D eigenvalue weighted by Crippen LogP contribution is 2.33. The average molecular weight is 275 g/mol. The third-order valence-electron chi connectivity index (χ3n) is 1.86. The fraction of sp³-hybridized carbons (Fsp3) is 0.333. The molecule has 0 heterocycles. The van der Waals surface area contributed by atoms with E-state index in [1.54, 1.807) is 12.1 Å². The zero-order valence-corrected chi connectivity index (χ0v) is 10.6. The molecule has 1 nitrogen and oxygen atoms in total. The largest absolute Gasteiger partial charge is 0.324 e. The lowest BCUT2D eigenvalue weighted by molar-refractivity contribution is 0.699. The van der Waals surface area contributed by atoms with Gasteiger partial charge in [0.25, 0.3) is 0 Å². The van der Waals surface area contributed by atoms with Gasteiger partial charge in [0.05, 0.1) is 10.0 Å². The van der Waals surface area contributed by atoms with Crippen LogP contribution in [0.3, 0.4) is 0 Å². The second-order valence-corrected chi connectivity index (χ2v) is 4.03. The van der Waals surface area contributed by atoms with Crippen LogP contribution in [-0.4, -0.2) is 0 Å². The van der Waals surface area contributed by atoms with Gasteiger partial charge < -0.3 is 5.73 Å². The van der Waals surface area contributed by atoms with E-state index in [2.05, 4.69) is 0 Å². The molecule has 2 N–H and O–H groups in total. The number of rotatable bonds is 2. The maximum absolute atomic E-state index is 5.97. The van der Waals surface area contributed by atoms with Crippen molar-refractivity contribution < 1.29 is 0 Å². The van der Waals surface area contributed by atoms with Crippen molar-refractivity contribution in [1.82, 2.24) is 0 Å². The number of hydrogen-bond donors (Lipinski definition) is 1. The Morgan fingerprint density at radius 2 is 1.86 bits per heavy atom. The van der Waals surface area contributed by atoms with Crippen molar-refractivity contribution in [2.75, 3.05) is 0 Å². The fourth-order valence-corrected chi connectivity index (χ4v) is 1.82. The van der Waals surface area contributed by atoms with Gasteiger partial charge in [0.15, 0.2) is 0 Å². The maximum atomic E-state index is 5.97. The summed E-state index contributed by atoms with van der Waals surface area (Å²) in [7, 11) is 0. The van der Waals surface area contributed by atoms with Crippen molar-refractivity contribution in [3.63, 3.8) is 0 Å². The zero-order valence-electron chi connectivity index (χ0n) is 7.56. The van der Waals surface area contributed by atoms with Crippen LogP contribution in [0.4, 0.5) is 0 Å². The predicted octanol–water partition coefficient (Wildman–Crippen LogP) is 4.48. The molecule has 0 unspecified atom stereocenters. The summed E-state index contributed by atoms with van der Waals surface area (Å²) in [5, 5.41) is 1.52. The highest BCUT2D eigenvalue weighted by atomic mass is 35.5. The van der Waals surface area contributed by atoms with E-state index >= 15 is 0 Å². The first-order chi connectivity index (χ1) is 6.06. The molecular formula is C9H11Cl4N. The van der Waals surface area contributed by atoms with E-state index in [0.717, 1.165) is 12.0 Å². The van der Waals surface area contributed by atoms with Gasteiger partial charge in [-0.3, -0.25) is 0 Å². The summed E-state index contributed by atoms with van der Waals surface area (Å²) in [6, 6.07) is 3.25. The van der Waals surface area contributed by atoms with Crippen molar-refractivity contribution in [3.05, 3.63) is 32.8 Å². The molecule has 0 spiro atoms. The van der Waals surface area contributed by atoms with Crippen LogP contribution >= 0.6 is 47.2 Å². The smallest absolute Gasteiger partial charge is 0.0641 e. The molecule has 14 heavy (non-hydrogen) atoms. The lowest BCUT2D eigenvalue weighted by Gasteiger charge is -2.12. The highest BCUT2D eigenvalue weighted by molar-refractivity contribution is 6.43. The molecule has 80 valence electrons. The lowest BCUT2D eigenvalue weighted by Crippen LogP contribution is -2.09. The van der Waals surface area contributed by atoms with E-state index in [-0.39, 0.29) is 18.4 Å². The molecule has 0 radical (unpaired) electrons. The summed E-state index contributed by atoms with van der Waals surface area (Å²) in [6.07, 6.45) is 0.802. The first-order valence-electron chi connectivity index (χ1n) is 3.96. The highest BCUT2D eigenvalue weighted by Gasteiger charge is 2.12. The first kappa shape index (κ1) is 14.3. The molecule has 1 aromatic rings. The molecule has 1 rings (SSSR count). The minimum Gasteiger partial charge on any atom is -0.324 e. The predicted molar refractivity (Wildman–Crippen MR) is 65.9 cm³/mol. The third kappa shape index (κ3) is 3.18. The van der Waals surface area contributed by atoms with Gasteiger partial charge in [-0.05, 0) is 24.1 Å². The summed E-state index contributed by atoms with van der Waals surface area (Å²) >= 11 is 17.6. The topological polar surface area (TPSA) is 26.0 Å². The van der Waals surface area contributed by atoms with Crippen LogP contribution in [0.2, 0.25) is 15.1 Å². The molecule has 5 heteroatoms. The normalized spacial score (nSPS) is 12.1. The Morgan fingerprint density at radius 3 is 2.36 bits per heavy atom. The van der Waals surface area contributed by atoms with Gasteiger partial charge in [-0.15, -0.1) is 12.4 Å². The summed E-state index contributed by atoms with van der Waals surface area (Å²) in [4.78, 5) is 0. The van der Waals surface area contributed by atoms with Crippen molar-refractivity contribution >= 4 is 47.2 Å². The zero-order chi connectivity index (χ0) is 10.0. The summed E-state index contributed by atoms with van der Waals surface area (Å²) in [5.41, 5.74) is 6.64. The van der Waals surface area contributed by atoms with E-state index in [4.69, 9.17) is 40.5 Å². The van der Waals surface area contributed by atoms with Gasteiger partial charge >= 0.3 is 0 Å². The minimum absolute atomic E-state index is 0. The van der Waals surface area contributed by atoms with Crippen LogP contribution < -0.4 is 5.73 Å². The fourth-order valence-electron chi connectivity index (χ4n) is 1.07. The number of benzene rings is 1. The van der Waals surface area contributed by atoms with Crippen molar-refractivity contribution in [2.45, 2.75) is 19.4 Å². The quantitative estimate of drug-likeness (QED) is 0.791. The molecule has 0 aliphatic heterocycles. The van der Waals surface area contributed by atoms with Crippen molar-refractivity contribution in [2.24, 2.45) is 5.73 Å². The molecule has 0 saturated carbocycles. The van der Waals surface area contributed by atoms with Crippen molar-refractivity contribution in [3.8, 4) is 0 Å². The van der Waals surface area contributed by atoms with E-state index in [9.17, 15) is 0 Å². The Balaban J connectivity index is 0.00000169. The first-order valence-corrected chi connectivity index (χ1v) is 5.09. The van der Waals surface area contributed by atoms with Crippen LogP contribution in [0.1, 0.15) is 24.9 Å². The maximum Gasteiger partial charge on any atom is 0.0641 e. The van der Waals surface area contributed by atoms with Crippen LogP contribution in [0, 0.1) is 0 Å². The Morgan fingerprint density at radius 1 is 1.29 bits per heavy atom. The molecule has 0 aliphatic rings. The monoisotopic (exact) mass is 273 g/mol. The molecule has 0 amide bonds. The summed E-state index contributed by atoms with van der Waals surface area (Å²) < 4.78 is 0. The minimum atomic E-state index is -0.108. The van der Waals surface area contributed by atoms with Gasteiger partial charge in [0, 0.05) is 11.1 Å². The molecule has 0 aliphatic carbocycles. The average Bonchev–Trinajstić information content (AvgIpc) is 2.10. The lowest BCUT2D eigenvalue weighted by atomic mass is 10.1. The number of hydrogen-bond acceptors (Lipinski definition) is 1. The Bertz CT molecular complexity index is 314. The Hall–Kier alpha value is 0.340. The molecule has 0 fully saturated rings. The second-order valence-electron chi connectivity index (χ2n) is 2.81. The van der Waals surface area contributed by atoms with Gasteiger partial charge in [0.2, 0.25) is 0 Å². The Kier molecular flexibility index (Phi) is 6.19. The third-order valence-corrected chi connectivity index (χ3v) is 2.90. The summed E-state index contributed by atoms with van der Waals surface area (Å²) in [6.45, 7) is 1.98. The standard InChI is InChI=1S/C9H10Cl3N.ClH/c1-2-8(13)6-3-5(10)4-7(11)9(6)12;/h3-4,8H,2,13H2,1H3;1H/t8-;/m1./s1. The number of halogens is 4. The van der Waals surface area contributed by atoms with Gasteiger partial charge in [-0.25, -0.2) is 0 Å². The van der Waals surface area contributed by atoms with Crippen LogP contribution in [-0.2, 0) is 0 Å². The van der Waals surface area contributed by atoms with Crippen LogP contribution in [0.25, 0.3) is 0 Å². The SMILES string of the molecule is CC[C@@H](N)c1cc(Cl)cc(Cl)c1Cl.Cl. The van der Waals surface area contributed by atoms with E-state index < -0.39 is 0 Å². The molecule has 0 saturated heterocycles. The molecule has 1 atom stereocenters. The molecule has 1 aromatic carbocycles. The van der Waals surface area contributed by atoms with Gasteiger partial charge in [0.1, 0.15) is 0 Å². The van der Waals surface area contributed by atoms with Gasteiger partial charge in [-0.2, -0.15) is 0 Å². The van der Waals surface area contributed by atoms with E-state index in [1.807, 2.05) is 6.92 Å². The van der Waals surface area contributed by atoms with Crippen LogP contribution in [0.15, 0.2) is 12.1 Å². The molecule has 0 aromatic heterocycles. The number of nitrogens with two attached hydrogens (primary N) is 1. The van der Waals surface area contributed by atoms with Crippen molar-refractivity contribution in [1.29, 1.82) is 0 Å². The van der Waals surface area contributed by atoms with Crippen LogP contribution in [0.5, 0.6) is 0 Å².